The van der Waals surface area contributed by atoms with Gasteiger partial charge in [-0.2, -0.15) is 0 Å². The van der Waals surface area contributed by atoms with Crippen LogP contribution in [-0.4, -0.2) is 28.9 Å². The molecule has 37 heavy (non-hydrogen) atoms. The van der Waals surface area contributed by atoms with Crippen LogP contribution in [0.15, 0.2) is 91.4 Å². The van der Waals surface area contributed by atoms with Crippen LogP contribution >= 0.6 is 0 Å². The second-order valence-electron chi connectivity index (χ2n) is 8.69. The van der Waals surface area contributed by atoms with Crippen LogP contribution in [0.25, 0.3) is 0 Å². The van der Waals surface area contributed by atoms with Crippen molar-refractivity contribution in [1.29, 1.82) is 0 Å². The van der Waals surface area contributed by atoms with Gasteiger partial charge in [-0.05, 0) is 65.6 Å². The molecule has 7 nitrogen and oxygen atoms in total. The van der Waals surface area contributed by atoms with Gasteiger partial charge in [-0.25, -0.2) is 9.37 Å². The van der Waals surface area contributed by atoms with E-state index in [1.165, 1.54) is 54.9 Å². The van der Waals surface area contributed by atoms with Crippen LogP contribution in [-0.2, 0) is 4.79 Å². The molecule has 1 N–H and O–H groups in total. The fraction of sp³-hybridized carbons (Fsp3) is 0.172. The predicted octanol–water partition coefficient (Wildman–Crippen LogP) is 5.77. The number of carbonyl (C=O) groups excluding carboxylic acids is 2. The highest BCUT2D eigenvalue weighted by Crippen LogP contribution is 2.33. The zero-order valence-corrected chi connectivity index (χ0v) is 20.8. The number of hydrogen-bond donors (Lipinski definition) is 1. The van der Waals surface area contributed by atoms with E-state index in [0.29, 0.717) is 22.7 Å². The highest BCUT2D eigenvalue weighted by atomic mass is 19.1. The van der Waals surface area contributed by atoms with E-state index in [9.17, 15) is 14.0 Å². The van der Waals surface area contributed by atoms with Gasteiger partial charge in [0.25, 0.3) is 11.8 Å². The normalized spacial score (nSPS) is 11.6. The fourth-order valence-electron chi connectivity index (χ4n) is 3.91. The molecular formula is C29H27FN4O3. The van der Waals surface area contributed by atoms with Crippen LogP contribution < -0.4 is 15.0 Å². The molecule has 8 heteroatoms. The SMILES string of the molecule is COc1cccc(C(C(=O)Nc2ccc(F)cc2)N(C(=O)c2cnccn2)c2ccc(C(C)C)cc2)c1. The minimum Gasteiger partial charge on any atom is -0.497 e. The second-order valence-corrected chi connectivity index (χ2v) is 8.69. The molecule has 1 unspecified atom stereocenters. The quantitative estimate of drug-likeness (QED) is 0.333. The number of aromatic nitrogens is 2. The van der Waals surface area contributed by atoms with E-state index in [1.54, 1.807) is 24.3 Å². The molecule has 2 amide bonds. The highest BCUT2D eigenvalue weighted by molar-refractivity contribution is 6.11. The van der Waals surface area contributed by atoms with Crippen molar-refractivity contribution in [3.8, 4) is 5.75 Å². The fourth-order valence-corrected chi connectivity index (χ4v) is 3.91. The van der Waals surface area contributed by atoms with Crippen molar-refractivity contribution in [3.63, 3.8) is 0 Å². The lowest BCUT2D eigenvalue weighted by Gasteiger charge is -2.31. The molecule has 4 aromatic rings. The number of rotatable bonds is 8. The van der Waals surface area contributed by atoms with Gasteiger partial charge in [0.2, 0.25) is 0 Å². The monoisotopic (exact) mass is 498 g/mol. The maximum Gasteiger partial charge on any atom is 0.279 e. The second kappa shape index (κ2) is 11.4. The molecule has 1 atom stereocenters. The molecule has 0 fully saturated rings. The molecule has 0 saturated carbocycles. The molecule has 0 radical (unpaired) electrons. The smallest absolute Gasteiger partial charge is 0.279 e. The van der Waals surface area contributed by atoms with E-state index in [4.69, 9.17) is 4.74 Å². The van der Waals surface area contributed by atoms with Crippen molar-refractivity contribution in [1.82, 2.24) is 9.97 Å². The lowest BCUT2D eigenvalue weighted by atomic mass is 10.00. The summed E-state index contributed by atoms with van der Waals surface area (Å²) in [5, 5.41) is 2.82. The van der Waals surface area contributed by atoms with E-state index < -0.39 is 23.7 Å². The standard InChI is InChI=1S/C29H27FN4O3/c1-19(2)20-7-13-24(14-8-20)34(29(36)26-18-31-15-16-32-26)27(21-5-4-6-25(17-21)37-3)28(35)33-23-11-9-22(30)10-12-23/h4-19,27H,1-3H3,(H,33,35). The first kappa shape index (κ1) is 25.5. The third-order valence-corrected chi connectivity index (χ3v) is 5.87. The molecule has 0 bridgehead atoms. The number of benzene rings is 3. The van der Waals surface area contributed by atoms with E-state index in [0.717, 1.165) is 5.56 Å². The van der Waals surface area contributed by atoms with Crippen molar-refractivity contribution in [2.45, 2.75) is 25.8 Å². The Labute approximate surface area is 215 Å². The van der Waals surface area contributed by atoms with Crippen LogP contribution in [0.1, 0.15) is 47.4 Å². The Morgan fingerprint density at radius 3 is 2.30 bits per heavy atom. The number of carbonyl (C=O) groups is 2. The summed E-state index contributed by atoms with van der Waals surface area (Å²) >= 11 is 0. The van der Waals surface area contributed by atoms with Crippen molar-refractivity contribution in [3.05, 3.63) is 114 Å². The Morgan fingerprint density at radius 2 is 1.68 bits per heavy atom. The molecule has 1 heterocycles. The third-order valence-electron chi connectivity index (χ3n) is 5.87. The third kappa shape index (κ3) is 5.98. The summed E-state index contributed by atoms with van der Waals surface area (Å²) in [6.07, 6.45) is 4.25. The predicted molar refractivity (Wildman–Crippen MR) is 140 cm³/mol. The average molecular weight is 499 g/mol. The van der Waals surface area contributed by atoms with Gasteiger partial charge >= 0.3 is 0 Å². The van der Waals surface area contributed by atoms with E-state index in [-0.39, 0.29) is 11.6 Å². The number of ether oxygens (including phenoxy) is 1. The van der Waals surface area contributed by atoms with Crippen LogP contribution in [0.3, 0.4) is 0 Å². The first-order valence-corrected chi connectivity index (χ1v) is 11.8. The maximum absolute atomic E-state index is 13.9. The Morgan fingerprint density at radius 1 is 0.946 bits per heavy atom. The first-order chi connectivity index (χ1) is 17.9. The summed E-state index contributed by atoms with van der Waals surface area (Å²) in [4.78, 5) is 37.4. The summed E-state index contributed by atoms with van der Waals surface area (Å²) in [5.41, 5.74) is 2.58. The van der Waals surface area contributed by atoms with Gasteiger partial charge in [-0.3, -0.25) is 19.5 Å². The van der Waals surface area contributed by atoms with Crippen LogP contribution in [0.4, 0.5) is 15.8 Å². The molecular weight excluding hydrogens is 471 g/mol. The van der Waals surface area contributed by atoms with E-state index in [2.05, 4.69) is 29.1 Å². The first-order valence-electron chi connectivity index (χ1n) is 11.8. The summed E-state index contributed by atoms with van der Waals surface area (Å²) in [6, 6.07) is 18.7. The average Bonchev–Trinajstić information content (AvgIpc) is 2.93. The number of methoxy groups -OCH3 is 1. The zero-order chi connectivity index (χ0) is 26.4. The van der Waals surface area contributed by atoms with Gasteiger partial charge in [0.15, 0.2) is 0 Å². The molecule has 0 aliphatic rings. The molecule has 0 saturated heterocycles. The lowest BCUT2D eigenvalue weighted by Crippen LogP contribution is -2.42. The van der Waals surface area contributed by atoms with Gasteiger partial charge < -0.3 is 10.1 Å². The van der Waals surface area contributed by atoms with Crippen molar-refractivity contribution < 1.29 is 18.7 Å². The van der Waals surface area contributed by atoms with Crippen molar-refractivity contribution in [2.24, 2.45) is 0 Å². The molecule has 0 spiro atoms. The Bertz CT molecular complexity index is 1360. The largest absolute Gasteiger partial charge is 0.497 e. The zero-order valence-electron chi connectivity index (χ0n) is 20.8. The number of nitrogens with zero attached hydrogens (tertiary/aromatic N) is 3. The Balaban J connectivity index is 1.86. The molecule has 188 valence electrons. The minimum atomic E-state index is -1.11. The highest BCUT2D eigenvalue weighted by Gasteiger charge is 2.34. The Hall–Kier alpha value is -4.59. The van der Waals surface area contributed by atoms with E-state index >= 15 is 0 Å². The summed E-state index contributed by atoms with van der Waals surface area (Å²) in [6.45, 7) is 4.15. The van der Waals surface area contributed by atoms with Gasteiger partial charge in [-0.1, -0.05) is 38.1 Å². The van der Waals surface area contributed by atoms with Crippen LogP contribution in [0, 0.1) is 5.82 Å². The number of anilines is 2. The van der Waals surface area contributed by atoms with Crippen molar-refractivity contribution in [2.75, 3.05) is 17.3 Å². The number of nitrogens with one attached hydrogen (secondary N) is 1. The number of halogens is 1. The summed E-state index contributed by atoms with van der Waals surface area (Å²) in [5.74, 6) is -0.613. The number of hydrogen-bond acceptors (Lipinski definition) is 5. The van der Waals surface area contributed by atoms with Gasteiger partial charge in [0.1, 0.15) is 23.3 Å². The molecule has 3 aromatic carbocycles. The topological polar surface area (TPSA) is 84.4 Å². The van der Waals surface area contributed by atoms with Gasteiger partial charge in [0.05, 0.1) is 13.3 Å². The molecule has 0 aliphatic heterocycles. The van der Waals surface area contributed by atoms with E-state index in [1.807, 2.05) is 24.3 Å². The number of amides is 2. The molecule has 0 aliphatic carbocycles. The lowest BCUT2D eigenvalue weighted by molar-refractivity contribution is -0.117. The van der Waals surface area contributed by atoms with Gasteiger partial charge in [0, 0.05) is 23.8 Å². The molecule has 4 rings (SSSR count). The van der Waals surface area contributed by atoms with Crippen molar-refractivity contribution >= 4 is 23.2 Å². The van der Waals surface area contributed by atoms with Gasteiger partial charge in [-0.15, -0.1) is 0 Å². The Kier molecular flexibility index (Phi) is 7.88. The van der Waals surface area contributed by atoms with Crippen LogP contribution in [0.2, 0.25) is 0 Å². The minimum absolute atomic E-state index is 0.0814. The summed E-state index contributed by atoms with van der Waals surface area (Å²) in [7, 11) is 1.53. The summed E-state index contributed by atoms with van der Waals surface area (Å²) < 4.78 is 18.9. The van der Waals surface area contributed by atoms with Crippen LogP contribution in [0.5, 0.6) is 5.75 Å². The maximum atomic E-state index is 13.9. The molecule has 1 aromatic heterocycles.